The molecule has 40 heavy (non-hydrogen) atoms. The van der Waals surface area contributed by atoms with Crippen molar-refractivity contribution in [2.24, 2.45) is 0 Å². The lowest BCUT2D eigenvalue weighted by atomic mass is 9.95. The number of para-hydroxylation sites is 1. The summed E-state index contributed by atoms with van der Waals surface area (Å²) in [6.07, 6.45) is 7.76. The third-order valence-corrected chi connectivity index (χ3v) is 7.79. The van der Waals surface area contributed by atoms with Gasteiger partial charge in [-0.2, -0.15) is 0 Å². The van der Waals surface area contributed by atoms with E-state index in [-0.39, 0.29) is 0 Å². The normalized spacial score (nSPS) is 11.5. The highest BCUT2D eigenvalue weighted by Gasteiger charge is 2.23. The Hall–Kier alpha value is -4.96. The van der Waals surface area contributed by atoms with Crippen molar-refractivity contribution in [2.75, 3.05) is 0 Å². The van der Waals surface area contributed by atoms with E-state index in [2.05, 4.69) is 104 Å². The summed E-state index contributed by atoms with van der Waals surface area (Å²) in [5, 5.41) is 10.0. The van der Waals surface area contributed by atoms with E-state index in [1.165, 1.54) is 59.6 Å². The second-order valence-electron chi connectivity index (χ2n) is 9.51. The molecule has 0 spiro atoms. The van der Waals surface area contributed by atoms with Crippen LogP contribution in [0.5, 0.6) is 0 Å². The molecule has 5 aromatic heterocycles. The summed E-state index contributed by atoms with van der Waals surface area (Å²) in [6.45, 7) is 8.00. The van der Waals surface area contributed by atoms with Crippen LogP contribution in [0.25, 0.3) is 76.4 Å². The number of pyridine rings is 3. The molecule has 0 fully saturated rings. The number of nitrogens with zero attached hydrogens (tertiary/aromatic N) is 4. The Labute approximate surface area is 232 Å². The van der Waals surface area contributed by atoms with E-state index in [1.54, 1.807) is 0 Å². The van der Waals surface area contributed by atoms with Crippen LogP contribution in [-0.2, 0) is 0 Å². The summed E-state index contributed by atoms with van der Waals surface area (Å²) in [4.78, 5) is 9.00. The number of hydrogen-bond donors (Lipinski definition) is 0. The Morgan fingerprint density at radius 2 is 1.18 bits per heavy atom. The lowest BCUT2D eigenvalue weighted by Crippen LogP contribution is -2.01. The Balaban J connectivity index is 0.000000636. The first-order valence-corrected chi connectivity index (χ1v) is 14.2. The monoisotopic (exact) mass is 518 g/mol. The molecule has 0 amide bonds. The van der Waals surface area contributed by atoms with Gasteiger partial charge < -0.3 is 8.97 Å². The second-order valence-corrected chi connectivity index (χ2v) is 9.51. The Kier molecular flexibility index (Phi) is 5.64. The molecule has 9 rings (SSSR count). The highest BCUT2D eigenvalue weighted by Crippen LogP contribution is 2.46. The number of aromatic nitrogens is 4. The molecular formula is C36H30N4. The Bertz CT molecular complexity index is 2300. The van der Waals surface area contributed by atoms with Gasteiger partial charge in [-0.15, -0.1) is 0 Å². The first kappa shape index (κ1) is 24.1. The van der Waals surface area contributed by atoms with Crippen molar-refractivity contribution < 1.29 is 0 Å². The van der Waals surface area contributed by atoms with E-state index in [1.807, 2.05) is 52.5 Å². The van der Waals surface area contributed by atoms with Gasteiger partial charge in [0.2, 0.25) is 0 Å². The predicted molar refractivity (Wildman–Crippen MR) is 171 cm³/mol. The molecule has 194 valence electrons. The lowest BCUT2D eigenvalue weighted by molar-refractivity contribution is 1.17. The Morgan fingerprint density at radius 3 is 1.93 bits per heavy atom. The molecule has 0 bridgehead atoms. The standard InChI is InChI=1S/C32H18N4.2C2H6/c1-2-8-20(9-3-1)35-25-11-5-7-19-6-4-10-23(29(19)25)30-26(35)16-24-21-12-14-33-17-27(21)36-28-18-34-15-13-22(28)31(30)32(24)36;2*1-2/h1-18H;2*1-2H3. The van der Waals surface area contributed by atoms with Crippen LogP contribution in [-0.4, -0.2) is 18.9 Å². The first-order chi connectivity index (χ1) is 19.9. The molecule has 0 N–H and O–H groups in total. The van der Waals surface area contributed by atoms with Crippen molar-refractivity contribution in [1.82, 2.24) is 18.9 Å². The minimum atomic E-state index is 1.12. The van der Waals surface area contributed by atoms with Gasteiger partial charge in [-0.25, -0.2) is 0 Å². The minimum absolute atomic E-state index is 1.12. The van der Waals surface area contributed by atoms with E-state index in [0.29, 0.717) is 0 Å². The molecule has 0 unspecified atom stereocenters. The van der Waals surface area contributed by atoms with Gasteiger partial charge in [0.05, 0.1) is 40.0 Å². The van der Waals surface area contributed by atoms with E-state index < -0.39 is 0 Å². The molecule has 0 aliphatic rings. The van der Waals surface area contributed by atoms with Crippen LogP contribution in [0.1, 0.15) is 27.7 Å². The summed E-state index contributed by atoms with van der Waals surface area (Å²) >= 11 is 0. The van der Waals surface area contributed by atoms with Gasteiger partial charge in [0.1, 0.15) is 0 Å². The summed E-state index contributed by atoms with van der Waals surface area (Å²) in [6, 6.07) is 30.7. The van der Waals surface area contributed by atoms with Gasteiger partial charge in [-0.05, 0) is 47.2 Å². The molecule has 9 aromatic rings. The highest BCUT2D eigenvalue weighted by molar-refractivity contribution is 6.36. The van der Waals surface area contributed by atoms with Crippen LogP contribution in [0, 0.1) is 0 Å². The minimum Gasteiger partial charge on any atom is -0.309 e. The molecule has 0 saturated heterocycles. The quantitative estimate of drug-likeness (QED) is 0.160. The average molecular weight is 519 g/mol. The predicted octanol–water partition coefficient (Wildman–Crippen LogP) is 9.93. The van der Waals surface area contributed by atoms with Crippen molar-refractivity contribution in [3.05, 3.63) is 110 Å². The molecule has 0 radical (unpaired) electrons. The van der Waals surface area contributed by atoms with Crippen LogP contribution in [0.3, 0.4) is 0 Å². The number of rotatable bonds is 1. The Morgan fingerprint density at radius 1 is 0.500 bits per heavy atom. The number of fused-ring (bicyclic) bond motifs is 9. The number of hydrogen-bond acceptors (Lipinski definition) is 2. The fourth-order valence-electron chi connectivity index (χ4n) is 6.45. The SMILES string of the molecule is CC.CC.c1ccc(-n2c3cccc4cccc(c43)c3c4c5ccncc5n5c6cnccc6c(cc32)c45)cc1. The number of benzene rings is 4. The maximum atomic E-state index is 4.51. The zero-order chi connectivity index (χ0) is 27.4. The second kappa shape index (κ2) is 9.35. The van der Waals surface area contributed by atoms with E-state index in [0.717, 1.165) is 16.7 Å². The van der Waals surface area contributed by atoms with Gasteiger partial charge in [-0.1, -0.05) is 76.2 Å². The van der Waals surface area contributed by atoms with Gasteiger partial charge in [0.25, 0.3) is 0 Å². The van der Waals surface area contributed by atoms with E-state index in [9.17, 15) is 0 Å². The molecule has 0 saturated carbocycles. The molecule has 0 aliphatic heterocycles. The molecular weight excluding hydrogens is 488 g/mol. The smallest absolute Gasteiger partial charge is 0.0725 e. The maximum Gasteiger partial charge on any atom is 0.0725 e. The lowest BCUT2D eigenvalue weighted by Gasteiger charge is -2.20. The molecule has 4 nitrogen and oxygen atoms in total. The van der Waals surface area contributed by atoms with Crippen LogP contribution in [0.4, 0.5) is 0 Å². The molecule has 4 aromatic carbocycles. The maximum absolute atomic E-state index is 4.51. The topological polar surface area (TPSA) is 35.1 Å². The van der Waals surface area contributed by atoms with Crippen molar-refractivity contribution in [3.63, 3.8) is 0 Å². The van der Waals surface area contributed by atoms with E-state index >= 15 is 0 Å². The first-order valence-electron chi connectivity index (χ1n) is 14.2. The zero-order valence-electron chi connectivity index (χ0n) is 23.2. The van der Waals surface area contributed by atoms with E-state index in [4.69, 9.17) is 0 Å². The van der Waals surface area contributed by atoms with Gasteiger partial charge in [-0.3, -0.25) is 9.97 Å². The largest absolute Gasteiger partial charge is 0.309 e. The van der Waals surface area contributed by atoms with Crippen LogP contribution >= 0.6 is 0 Å². The van der Waals surface area contributed by atoms with Crippen molar-refractivity contribution in [3.8, 4) is 5.69 Å². The third-order valence-electron chi connectivity index (χ3n) is 7.79. The fourth-order valence-corrected chi connectivity index (χ4v) is 6.45. The average Bonchev–Trinajstić information content (AvgIpc) is 3.55. The summed E-state index contributed by atoms with van der Waals surface area (Å²) < 4.78 is 4.78. The molecule has 0 aliphatic carbocycles. The van der Waals surface area contributed by atoms with Crippen molar-refractivity contribution in [2.45, 2.75) is 27.7 Å². The van der Waals surface area contributed by atoms with Crippen LogP contribution in [0.2, 0.25) is 0 Å². The summed E-state index contributed by atoms with van der Waals surface area (Å²) in [5.74, 6) is 0. The fraction of sp³-hybridized carbons (Fsp3) is 0.111. The molecule has 5 heterocycles. The molecule has 4 heteroatoms. The van der Waals surface area contributed by atoms with Crippen molar-refractivity contribution in [1.29, 1.82) is 0 Å². The zero-order valence-corrected chi connectivity index (χ0v) is 23.2. The summed E-state index contributed by atoms with van der Waals surface area (Å²) in [7, 11) is 0. The van der Waals surface area contributed by atoms with Crippen molar-refractivity contribution >= 4 is 70.7 Å². The van der Waals surface area contributed by atoms with Gasteiger partial charge in [0.15, 0.2) is 0 Å². The van der Waals surface area contributed by atoms with Gasteiger partial charge >= 0.3 is 0 Å². The van der Waals surface area contributed by atoms with Crippen LogP contribution in [0.15, 0.2) is 110 Å². The van der Waals surface area contributed by atoms with Crippen LogP contribution < -0.4 is 0 Å². The van der Waals surface area contributed by atoms with Gasteiger partial charge in [0, 0.05) is 50.4 Å². The molecule has 0 atom stereocenters. The third kappa shape index (κ3) is 3.07. The highest BCUT2D eigenvalue weighted by atomic mass is 15.0. The summed E-state index contributed by atoms with van der Waals surface area (Å²) in [5.41, 5.74) is 7.05.